The third-order valence-corrected chi connectivity index (χ3v) is 7.17. The minimum atomic E-state index is -0.0775. The molecule has 0 saturated carbocycles. The Balaban J connectivity index is 3.66. The number of nitrogens with zero attached hydrogens (tertiary/aromatic N) is 2. The monoisotopic (exact) mass is 488 g/mol. The number of hydrogen-bond donors (Lipinski definition) is 2. The van der Waals surface area contributed by atoms with Crippen molar-refractivity contribution in [3.8, 4) is 0 Å². The van der Waals surface area contributed by atoms with E-state index >= 15 is 0 Å². The zero-order valence-electron chi connectivity index (χ0n) is 23.4. The van der Waals surface area contributed by atoms with Crippen LogP contribution in [0.2, 0.25) is 0 Å². The Morgan fingerprint density at radius 2 is 1.09 bits per heavy atom. The van der Waals surface area contributed by atoms with E-state index in [-0.39, 0.29) is 19.2 Å². The lowest BCUT2D eigenvalue weighted by Gasteiger charge is -2.35. The summed E-state index contributed by atoms with van der Waals surface area (Å²) in [6.45, 7) is 7.11. The van der Waals surface area contributed by atoms with Gasteiger partial charge >= 0.3 is 5.97 Å². The van der Waals surface area contributed by atoms with Crippen LogP contribution in [0.3, 0.4) is 0 Å². The van der Waals surface area contributed by atoms with E-state index in [9.17, 15) is 15.0 Å². The number of likely N-dealkylation sites (N-methyl/N-ethyl adjacent to an activating group) is 1. The van der Waals surface area contributed by atoms with Gasteiger partial charge in [-0.3, -0.25) is 4.79 Å². The molecule has 0 aliphatic heterocycles. The van der Waals surface area contributed by atoms with Crippen LogP contribution < -0.4 is 0 Å². The molecule has 0 aliphatic rings. The molecule has 0 heterocycles. The van der Waals surface area contributed by atoms with Crippen LogP contribution in [0.15, 0.2) is 0 Å². The number of aliphatic hydroxyl groups is 2. The number of hydrogen-bond acceptors (Lipinski definition) is 4. The van der Waals surface area contributed by atoms with Gasteiger partial charge in [0.15, 0.2) is 0 Å². The second kappa shape index (κ2) is 21.6. The zero-order chi connectivity index (χ0) is 25.5. The average molecular weight is 489 g/mol. The van der Waals surface area contributed by atoms with Crippen molar-refractivity contribution in [2.24, 2.45) is 0 Å². The average Bonchev–Trinajstić information content (AvgIpc) is 2.78. The molecule has 0 aromatic rings. The van der Waals surface area contributed by atoms with Crippen LogP contribution >= 0.6 is 0 Å². The van der Waals surface area contributed by atoms with Crippen molar-refractivity contribution in [3.05, 3.63) is 0 Å². The maximum Gasteiger partial charge on any atom is 0.311 e. The topological polar surface area (TPSA) is 66.8 Å². The van der Waals surface area contributed by atoms with Gasteiger partial charge in [-0.25, -0.2) is 0 Å². The fourth-order valence-corrected chi connectivity index (χ4v) is 4.58. The molecule has 0 aliphatic carbocycles. The van der Waals surface area contributed by atoms with Crippen molar-refractivity contribution in [1.82, 2.24) is 0 Å². The van der Waals surface area contributed by atoms with Crippen LogP contribution in [-0.2, 0) is 9.53 Å². The number of unbranched alkanes of at least 4 members (excludes halogenated alkanes) is 12. The highest BCUT2D eigenvalue weighted by molar-refractivity contribution is 5.69. The Labute approximate surface area is 211 Å². The Hall–Kier alpha value is -0.690. The minimum absolute atomic E-state index is 0.0775. The molecule has 0 radical (unpaired) electrons. The second-order valence-corrected chi connectivity index (χ2v) is 11.2. The van der Waals surface area contributed by atoms with Crippen LogP contribution in [0.1, 0.15) is 103 Å². The van der Waals surface area contributed by atoms with E-state index in [4.69, 9.17) is 4.74 Å². The molecule has 0 saturated heterocycles. The molecular weight excluding hydrogens is 428 g/mol. The summed E-state index contributed by atoms with van der Waals surface area (Å²) in [5.41, 5.74) is 0. The normalized spacial score (nSPS) is 12.3. The Morgan fingerprint density at radius 3 is 1.56 bits per heavy atom. The number of aliphatic hydroxyl groups excluding tert-OH is 2. The fraction of sp³-hybridized carbons (Fsp3) is 0.964. The molecule has 6 nitrogen and oxygen atoms in total. The van der Waals surface area contributed by atoms with Gasteiger partial charge < -0.3 is 23.9 Å². The second-order valence-electron chi connectivity index (χ2n) is 11.2. The zero-order valence-corrected chi connectivity index (χ0v) is 23.4. The summed E-state index contributed by atoms with van der Waals surface area (Å²) in [5.74, 6) is -0.0775. The van der Waals surface area contributed by atoms with Crippen LogP contribution in [0, 0.1) is 0 Å². The first-order chi connectivity index (χ1) is 16.3. The van der Waals surface area contributed by atoms with Crippen molar-refractivity contribution in [3.63, 3.8) is 0 Å². The molecule has 6 heteroatoms. The summed E-state index contributed by atoms with van der Waals surface area (Å²) >= 11 is 0. The lowest BCUT2D eigenvalue weighted by Crippen LogP contribution is -2.50. The molecule has 0 spiro atoms. The third-order valence-electron chi connectivity index (χ3n) is 7.17. The summed E-state index contributed by atoms with van der Waals surface area (Å²) in [7, 11) is 6.39. The van der Waals surface area contributed by atoms with Gasteiger partial charge in [0.25, 0.3) is 0 Å². The van der Waals surface area contributed by atoms with E-state index in [1.165, 1.54) is 70.6 Å². The number of carbonyl (C=O) groups is 1. The highest BCUT2D eigenvalue weighted by Crippen LogP contribution is 2.13. The number of carbonyl (C=O) groups excluding carboxylic acids is 1. The third kappa shape index (κ3) is 20.7. The van der Waals surface area contributed by atoms with Crippen LogP contribution in [-0.4, -0.2) is 98.8 Å². The van der Waals surface area contributed by atoms with Gasteiger partial charge in [0.2, 0.25) is 0 Å². The van der Waals surface area contributed by atoms with Crippen molar-refractivity contribution in [1.29, 1.82) is 0 Å². The number of rotatable bonds is 25. The first-order valence-corrected chi connectivity index (χ1v) is 14.3. The number of quaternary nitrogens is 2. The van der Waals surface area contributed by atoms with Gasteiger partial charge in [0.05, 0.1) is 67.0 Å². The quantitative estimate of drug-likeness (QED) is 0.109. The first kappa shape index (κ1) is 33.3. The number of esters is 1. The Kier molecular flexibility index (Phi) is 21.1. The molecule has 0 unspecified atom stereocenters. The Bertz CT molecular complexity index is 465. The van der Waals surface area contributed by atoms with Gasteiger partial charge in [0, 0.05) is 6.42 Å². The lowest BCUT2D eigenvalue weighted by atomic mass is 10.0. The van der Waals surface area contributed by atoms with E-state index < -0.39 is 0 Å². The standard InChI is InChI=1S/C28H60N2O4/c1-5-6-7-8-9-10-11-12-13-14-15-16-17-27-34-28(33)19-22-29(2,3)20-18-21-30(4,23-25-31)24-26-32/h31-32H,5-27H2,1-4H3/q+2. The molecule has 0 atom stereocenters. The fourth-order valence-electron chi connectivity index (χ4n) is 4.58. The molecule has 0 bridgehead atoms. The summed E-state index contributed by atoms with van der Waals surface area (Å²) < 4.78 is 6.92. The van der Waals surface area contributed by atoms with Crippen LogP contribution in [0.25, 0.3) is 0 Å². The molecule has 0 aromatic carbocycles. The maximum absolute atomic E-state index is 12.1. The lowest BCUT2D eigenvalue weighted by molar-refractivity contribution is -0.921. The predicted molar refractivity (Wildman–Crippen MR) is 143 cm³/mol. The SMILES string of the molecule is CCCCCCCCCCCCCCCOC(=O)CC[N+](C)(C)CCC[N+](C)(CCO)CCO. The molecule has 0 rings (SSSR count). The van der Waals surface area contributed by atoms with E-state index in [1.54, 1.807) is 0 Å². The van der Waals surface area contributed by atoms with Crippen molar-refractivity contribution in [2.75, 3.05) is 73.7 Å². The molecule has 0 fully saturated rings. The van der Waals surface area contributed by atoms with E-state index in [2.05, 4.69) is 28.1 Å². The molecular formula is C28H60N2O4+2. The van der Waals surface area contributed by atoms with Gasteiger partial charge in [-0.1, -0.05) is 84.0 Å². The van der Waals surface area contributed by atoms with Gasteiger partial charge in [-0.05, 0) is 6.42 Å². The summed E-state index contributed by atoms with van der Waals surface area (Å²) in [5, 5.41) is 18.6. The predicted octanol–water partition coefficient (Wildman–Crippen LogP) is 4.91. The summed E-state index contributed by atoms with van der Waals surface area (Å²) in [6.07, 6.45) is 18.6. The smallest absolute Gasteiger partial charge is 0.311 e. The van der Waals surface area contributed by atoms with Gasteiger partial charge in [0.1, 0.15) is 13.1 Å². The van der Waals surface area contributed by atoms with Crippen LogP contribution in [0.5, 0.6) is 0 Å². The van der Waals surface area contributed by atoms with Crippen molar-refractivity contribution in [2.45, 2.75) is 103 Å². The van der Waals surface area contributed by atoms with Gasteiger partial charge in [-0.2, -0.15) is 0 Å². The van der Waals surface area contributed by atoms with Gasteiger partial charge in [-0.15, -0.1) is 0 Å². The molecule has 2 N–H and O–H groups in total. The number of ether oxygens (including phenoxy) is 1. The Morgan fingerprint density at radius 1 is 0.618 bits per heavy atom. The maximum atomic E-state index is 12.1. The van der Waals surface area contributed by atoms with E-state index in [0.29, 0.717) is 30.6 Å². The van der Waals surface area contributed by atoms with E-state index in [1.807, 2.05) is 0 Å². The molecule has 34 heavy (non-hydrogen) atoms. The summed E-state index contributed by atoms with van der Waals surface area (Å²) in [4.78, 5) is 12.1. The highest BCUT2D eigenvalue weighted by Gasteiger charge is 2.23. The first-order valence-electron chi connectivity index (χ1n) is 14.3. The molecule has 0 amide bonds. The molecule has 204 valence electrons. The van der Waals surface area contributed by atoms with Crippen molar-refractivity contribution < 1.29 is 28.7 Å². The summed E-state index contributed by atoms with van der Waals surface area (Å²) in [6, 6.07) is 0. The minimum Gasteiger partial charge on any atom is -0.466 e. The highest BCUT2D eigenvalue weighted by atomic mass is 16.5. The van der Waals surface area contributed by atoms with Crippen LogP contribution in [0.4, 0.5) is 0 Å². The van der Waals surface area contributed by atoms with E-state index in [0.717, 1.165) is 43.4 Å². The largest absolute Gasteiger partial charge is 0.466 e. The molecule has 0 aromatic heterocycles. The van der Waals surface area contributed by atoms with Crippen molar-refractivity contribution >= 4 is 5.97 Å².